The van der Waals surface area contributed by atoms with Gasteiger partial charge in [0.2, 0.25) is 0 Å². The van der Waals surface area contributed by atoms with Crippen LogP contribution in [0, 0.1) is 0 Å². The molecule has 0 N–H and O–H groups in total. The first-order valence-electron chi connectivity index (χ1n) is 19.4. The maximum atomic E-state index is 5.18. The number of para-hydroxylation sites is 3. The highest BCUT2D eigenvalue weighted by Crippen LogP contribution is 2.50. The molecule has 0 fully saturated rings. The van der Waals surface area contributed by atoms with Gasteiger partial charge in [-0.1, -0.05) is 140 Å². The molecule has 266 valence electrons. The van der Waals surface area contributed by atoms with Crippen LogP contribution >= 0.6 is 11.3 Å². The van der Waals surface area contributed by atoms with Gasteiger partial charge < -0.3 is 4.57 Å². The van der Waals surface area contributed by atoms with Crippen molar-refractivity contribution in [3.63, 3.8) is 0 Å². The molecule has 12 rings (SSSR count). The van der Waals surface area contributed by atoms with Crippen molar-refractivity contribution in [2.24, 2.45) is 0 Å². The Kier molecular flexibility index (Phi) is 7.10. The van der Waals surface area contributed by atoms with E-state index in [4.69, 9.17) is 4.98 Å². The van der Waals surface area contributed by atoms with E-state index in [0.29, 0.717) is 0 Å². The third-order valence-electron chi connectivity index (χ3n) is 11.5. The molecule has 0 aliphatic carbocycles. The summed E-state index contributed by atoms with van der Waals surface area (Å²) in [5.41, 5.74) is 12.7. The number of nitrogens with zero attached hydrogens (tertiary/aromatic N) is 3. The van der Waals surface area contributed by atoms with E-state index in [1.54, 1.807) is 0 Å². The standard InChI is InChI=1S/C53H33N3S/c1-4-15-34(16-5-1)37-29-32-46-44(33-37)48-41-21-10-11-22-42(41)52-49(43-24-14-23-40(51(43)57-52)35-17-6-2-7-18-35)50(48)55(46)39-30-27-36(28-31-39)53-54-45-25-12-13-26-47(45)56(53)38-19-8-3-9-20-38/h1-33H. The Morgan fingerprint density at radius 2 is 1.00 bits per heavy atom. The predicted octanol–water partition coefficient (Wildman–Crippen LogP) is 14.6. The molecule has 3 aromatic heterocycles. The van der Waals surface area contributed by atoms with E-state index in [-0.39, 0.29) is 0 Å². The van der Waals surface area contributed by atoms with Crippen LogP contribution in [-0.2, 0) is 0 Å². The Hall–Kier alpha value is -7.27. The second-order valence-electron chi connectivity index (χ2n) is 14.7. The molecule has 0 saturated heterocycles. The summed E-state index contributed by atoms with van der Waals surface area (Å²) in [6.45, 7) is 0. The molecule has 0 saturated carbocycles. The number of hydrogen-bond donors (Lipinski definition) is 0. The van der Waals surface area contributed by atoms with Gasteiger partial charge in [0, 0.05) is 53.3 Å². The minimum atomic E-state index is 0.925. The number of hydrogen-bond acceptors (Lipinski definition) is 2. The number of aromatic nitrogens is 3. The van der Waals surface area contributed by atoms with Crippen LogP contribution in [-0.4, -0.2) is 14.1 Å². The third kappa shape index (κ3) is 4.88. The molecule has 9 aromatic carbocycles. The zero-order valence-electron chi connectivity index (χ0n) is 30.8. The van der Waals surface area contributed by atoms with Crippen molar-refractivity contribution in [3.8, 4) is 45.0 Å². The van der Waals surface area contributed by atoms with Gasteiger partial charge in [-0.2, -0.15) is 0 Å². The summed E-state index contributed by atoms with van der Waals surface area (Å²) >= 11 is 1.92. The first-order chi connectivity index (χ1) is 28.3. The molecule has 0 bridgehead atoms. The van der Waals surface area contributed by atoms with E-state index in [0.717, 1.165) is 33.8 Å². The van der Waals surface area contributed by atoms with E-state index in [2.05, 4.69) is 209 Å². The van der Waals surface area contributed by atoms with Crippen molar-refractivity contribution < 1.29 is 0 Å². The van der Waals surface area contributed by atoms with E-state index in [9.17, 15) is 0 Å². The van der Waals surface area contributed by atoms with Crippen LogP contribution in [0.3, 0.4) is 0 Å². The molecule has 0 spiro atoms. The van der Waals surface area contributed by atoms with Gasteiger partial charge in [0.25, 0.3) is 0 Å². The fraction of sp³-hybridized carbons (Fsp3) is 0. The van der Waals surface area contributed by atoms with E-state index >= 15 is 0 Å². The van der Waals surface area contributed by atoms with E-state index in [1.165, 1.54) is 75.0 Å². The van der Waals surface area contributed by atoms with Crippen LogP contribution in [0.4, 0.5) is 0 Å². The Bertz CT molecular complexity index is 3490. The first kappa shape index (κ1) is 32.0. The second kappa shape index (κ2) is 12.6. The van der Waals surface area contributed by atoms with Gasteiger partial charge in [0.05, 0.1) is 22.1 Å². The molecule has 4 heteroatoms. The molecule has 0 unspecified atom stereocenters. The van der Waals surface area contributed by atoms with Crippen molar-refractivity contribution in [3.05, 3.63) is 200 Å². The fourth-order valence-electron chi connectivity index (χ4n) is 8.98. The molecule has 3 nitrogen and oxygen atoms in total. The third-order valence-corrected chi connectivity index (χ3v) is 12.8. The van der Waals surface area contributed by atoms with Gasteiger partial charge in [-0.15, -0.1) is 11.3 Å². The lowest BCUT2D eigenvalue weighted by Gasteiger charge is -2.13. The monoisotopic (exact) mass is 743 g/mol. The molecule has 57 heavy (non-hydrogen) atoms. The zero-order chi connectivity index (χ0) is 37.5. The molecule has 0 aliphatic rings. The average Bonchev–Trinajstić information content (AvgIpc) is 3.98. The van der Waals surface area contributed by atoms with Crippen molar-refractivity contribution in [2.45, 2.75) is 0 Å². The normalized spacial score (nSPS) is 11.9. The fourth-order valence-corrected chi connectivity index (χ4v) is 10.4. The molecular weight excluding hydrogens is 711 g/mol. The number of fused-ring (bicyclic) bond motifs is 11. The van der Waals surface area contributed by atoms with Crippen LogP contribution in [0.25, 0.3) is 109 Å². The van der Waals surface area contributed by atoms with Crippen LogP contribution in [0.2, 0.25) is 0 Å². The summed E-state index contributed by atoms with van der Waals surface area (Å²) in [6.07, 6.45) is 0. The molecule has 0 radical (unpaired) electrons. The van der Waals surface area contributed by atoms with E-state index < -0.39 is 0 Å². The molecule has 0 aliphatic heterocycles. The van der Waals surface area contributed by atoms with Crippen LogP contribution in [0.15, 0.2) is 200 Å². The molecule has 0 amide bonds. The minimum absolute atomic E-state index is 0.925. The molecule has 0 atom stereocenters. The summed E-state index contributed by atoms with van der Waals surface area (Å²) in [4.78, 5) is 5.18. The SMILES string of the molecule is c1ccc(-c2ccc3c(c2)c2c4ccccc4c4sc5c(-c6ccccc6)cccc5c4c2n3-c2ccc(-c3nc4ccccc4n3-c3ccccc3)cc2)cc1. The largest absolute Gasteiger partial charge is 0.309 e. The van der Waals surface area contributed by atoms with Gasteiger partial charge in [-0.3, -0.25) is 4.57 Å². The lowest BCUT2D eigenvalue weighted by atomic mass is 9.97. The van der Waals surface area contributed by atoms with Crippen LogP contribution < -0.4 is 0 Å². The number of rotatable bonds is 5. The van der Waals surface area contributed by atoms with Crippen LogP contribution in [0.1, 0.15) is 0 Å². The Balaban J connectivity index is 1.18. The van der Waals surface area contributed by atoms with Gasteiger partial charge in [0.1, 0.15) is 5.82 Å². The highest BCUT2D eigenvalue weighted by molar-refractivity contribution is 7.27. The Morgan fingerprint density at radius 1 is 0.368 bits per heavy atom. The summed E-state index contributed by atoms with van der Waals surface area (Å²) < 4.78 is 7.41. The van der Waals surface area contributed by atoms with Crippen molar-refractivity contribution >= 4 is 75.1 Å². The van der Waals surface area contributed by atoms with Gasteiger partial charge >= 0.3 is 0 Å². The smallest absolute Gasteiger partial charge is 0.145 e. The molecular formula is C53H33N3S. The number of imidazole rings is 1. The van der Waals surface area contributed by atoms with Crippen molar-refractivity contribution in [1.82, 2.24) is 14.1 Å². The highest BCUT2D eigenvalue weighted by atomic mass is 32.1. The minimum Gasteiger partial charge on any atom is -0.309 e. The number of thiophene rings is 1. The van der Waals surface area contributed by atoms with Crippen molar-refractivity contribution in [1.29, 1.82) is 0 Å². The summed E-state index contributed by atoms with van der Waals surface area (Å²) in [6, 6.07) is 72.3. The maximum Gasteiger partial charge on any atom is 0.145 e. The second-order valence-corrected chi connectivity index (χ2v) is 15.7. The lowest BCUT2D eigenvalue weighted by Crippen LogP contribution is -1.98. The summed E-state index contributed by atoms with van der Waals surface area (Å²) in [5, 5.41) is 7.68. The predicted molar refractivity (Wildman–Crippen MR) is 242 cm³/mol. The lowest BCUT2D eigenvalue weighted by molar-refractivity contribution is 1.10. The van der Waals surface area contributed by atoms with Gasteiger partial charge in [-0.05, 0) is 88.3 Å². The van der Waals surface area contributed by atoms with Gasteiger partial charge in [-0.25, -0.2) is 4.98 Å². The van der Waals surface area contributed by atoms with Crippen LogP contribution in [0.5, 0.6) is 0 Å². The summed E-state index contributed by atoms with van der Waals surface area (Å²) in [5.74, 6) is 0.925. The highest BCUT2D eigenvalue weighted by Gasteiger charge is 2.24. The summed E-state index contributed by atoms with van der Waals surface area (Å²) in [7, 11) is 0. The van der Waals surface area contributed by atoms with Gasteiger partial charge in [0.15, 0.2) is 0 Å². The quantitative estimate of drug-likeness (QED) is 0.172. The Morgan fingerprint density at radius 3 is 1.79 bits per heavy atom. The van der Waals surface area contributed by atoms with E-state index in [1.807, 2.05) is 11.3 Å². The topological polar surface area (TPSA) is 22.8 Å². The first-order valence-corrected chi connectivity index (χ1v) is 20.2. The molecule has 12 aromatic rings. The Labute approximate surface area is 333 Å². The zero-order valence-corrected chi connectivity index (χ0v) is 31.6. The molecule has 3 heterocycles. The number of benzene rings is 9. The average molecular weight is 744 g/mol. The maximum absolute atomic E-state index is 5.18. The van der Waals surface area contributed by atoms with Crippen molar-refractivity contribution in [2.75, 3.05) is 0 Å².